The quantitative estimate of drug-likeness (QED) is 0.827. The molecule has 2 N–H and O–H groups in total. The highest BCUT2D eigenvalue weighted by Crippen LogP contribution is 2.40. The molecule has 0 aliphatic carbocycles. The number of carbonyl (C=O) groups is 1. The number of hydrogen-bond acceptors (Lipinski definition) is 5. The SMILES string of the molecule is CC1(c2ccc(F)cc2Cl)OC(NS(=O)(=O)c2ccccc2)=C(O)C1=O. The first-order valence-corrected chi connectivity index (χ1v) is 9.22. The van der Waals surface area contributed by atoms with Crippen LogP contribution in [-0.2, 0) is 25.2 Å². The molecule has 0 saturated heterocycles. The Morgan fingerprint density at radius 3 is 2.46 bits per heavy atom. The molecule has 3 rings (SSSR count). The predicted octanol–water partition coefficient (Wildman–Crippen LogP) is 3.00. The number of benzene rings is 2. The van der Waals surface area contributed by atoms with E-state index in [0.29, 0.717) is 0 Å². The number of aliphatic hydroxyl groups is 1. The summed E-state index contributed by atoms with van der Waals surface area (Å²) in [4.78, 5) is 12.4. The predicted molar refractivity (Wildman–Crippen MR) is 91.3 cm³/mol. The molecule has 1 aliphatic rings. The number of Topliss-reactive ketones (excluding diaryl/α,β-unsaturated/α-hetero) is 1. The van der Waals surface area contributed by atoms with Gasteiger partial charge in [0.05, 0.1) is 9.92 Å². The number of ketones is 1. The van der Waals surface area contributed by atoms with Gasteiger partial charge in [-0.2, -0.15) is 0 Å². The number of nitrogens with one attached hydrogen (secondary N) is 1. The van der Waals surface area contributed by atoms with E-state index < -0.39 is 38.9 Å². The summed E-state index contributed by atoms with van der Waals surface area (Å²) in [5.74, 6) is -3.04. The van der Waals surface area contributed by atoms with Gasteiger partial charge in [0.1, 0.15) is 5.82 Å². The second-order valence-electron chi connectivity index (χ2n) is 5.68. The summed E-state index contributed by atoms with van der Waals surface area (Å²) in [5, 5.41) is 9.97. The van der Waals surface area contributed by atoms with Crippen LogP contribution in [0.2, 0.25) is 5.02 Å². The van der Waals surface area contributed by atoms with Crippen LogP contribution < -0.4 is 4.72 Å². The van der Waals surface area contributed by atoms with Gasteiger partial charge in [0, 0.05) is 5.56 Å². The van der Waals surface area contributed by atoms with Crippen LogP contribution in [-0.4, -0.2) is 19.3 Å². The summed E-state index contributed by atoms with van der Waals surface area (Å²) in [6, 6.07) is 10.7. The molecule has 1 unspecified atom stereocenters. The molecule has 1 heterocycles. The van der Waals surface area contributed by atoms with Gasteiger partial charge in [0.15, 0.2) is 0 Å². The third-order valence-corrected chi connectivity index (χ3v) is 5.55. The van der Waals surface area contributed by atoms with Gasteiger partial charge in [-0.05, 0) is 31.2 Å². The van der Waals surface area contributed by atoms with E-state index in [1.807, 2.05) is 4.72 Å². The van der Waals surface area contributed by atoms with Crippen molar-refractivity contribution >= 4 is 27.4 Å². The van der Waals surface area contributed by atoms with E-state index in [9.17, 15) is 22.7 Å². The van der Waals surface area contributed by atoms with E-state index in [4.69, 9.17) is 16.3 Å². The number of carbonyl (C=O) groups excluding carboxylic acids is 1. The zero-order valence-corrected chi connectivity index (χ0v) is 14.9. The number of hydrogen-bond donors (Lipinski definition) is 2. The number of rotatable bonds is 4. The van der Waals surface area contributed by atoms with Crippen molar-refractivity contribution in [2.24, 2.45) is 0 Å². The molecule has 136 valence electrons. The van der Waals surface area contributed by atoms with E-state index in [-0.39, 0.29) is 15.5 Å². The summed E-state index contributed by atoms with van der Waals surface area (Å²) in [6.07, 6.45) is 0. The first kappa shape index (κ1) is 18.2. The van der Waals surface area contributed by atoms with Crippen molar-refractivity contribution in [3.63, 3.8) is 0 Å². The standard InChI is InChI=1S/C17H13ClFNO5S/c1-17(12-8-7-10(19)9-13(12)18)15(22)14(21)16(25-17)20-26(23,24)11-5-3-2-4-6-11/h2-9,20-21H,1H3. The summed E-state index contributed by atoms with van der Waals surface area (Å²) in [7, 11) is -4.09. The van der Waals surface area contributed by atoms with Crippen LogP contribution in [0.1, 0.15) is 12.5 Å². The molecule has 9 heteroatoms. The van der Waals surface area contributed by atoms with Gasteiger partial charge in [0.2, 0.25) is 17.2 Å². The van der Waals surface area contributed by atoms with Crippen molar-refractivity contribution in [1.82, 2.24) is 4.72 Å². The van der Waals surface area contributed by atoms with Crippen LogP contribution in [0.5, 0.6) is 0 Å². The number of halogens is 2. The van der Waals surface area contributed by atoms with Crippen LogP contribution in [0, 0.1) is 5.82 Å². The second kappa shape index (κ2) is 6.30. The maximum atomic E-state index is 13.3. The molecule has 0 aromatic heterocycles. The van der Waals surface area contributed by atoms with Crippen LogP contribution in [0.15, 0.2) is 65.1 Å². The second-order valence-corrected chi connectivity index (χ2v) is 7.77. The minimum absolute atomic E-state index is 0.0789. The highest BCUT2D eigenvalue weighted by atomic mass is 35.5. The third-order valence-electron chi connectivity index (χ3n) is 3.90. The Morgan fingerprint density at radius 2 is 1.85 bits per heavy atom. The Bertz CT molecular complexity index is 1020. The number of sulfonamides is 1. The van der Waals surface area contributed by atoms with E-state index in [2.05, 4.69) is 0 Å². The van der Waals surface area contributed by atoms with Gasteiger partial charge in [0.25, 0.3) is 15.8 Å². The van der Waals surface area contributed by atoms with E-state index in [1.54, 1.807) is 6.07 Å². The molecule has 0 amide bonds. The molecule has 1 atom stereocenters. The fourth-order valence-electron chi connectivity index (χ4n) is 2.53. The maximum absolute atomic E-state index is 13.3. The van der Waals surface area contributed by atoms with Gasteiger partial charge in [-0.3, -0.25) is 4.79 Å². The first-order valence-electron chi connectivity index (χ1n) is 7.35. The Kier molecular flexibility index (Phi) is 4.41. The highest BCUT2D eigenvalue weighted by molar-refractivity contribution is 7.89. The third kappa shape index (κ3) is 3.02. The van der Waals surface area contributed by atoms with Gasteiger partial charge < -0.3 is 9.84 Å². The molecule has 0 radical (unpaired) electrons. The Balaban J connectivity index is 1.95. The van der Waals surface area contributed by atoms with Gasteiger partial charge in [-0.25, -0.2) is 17.5 Å². The zero-order valence-electron chi connectivity index (χ0n) is 13.4. The van der Waals surface area contributed by atoms with Crippen LogP contribution in [0.3, 0.4) is 0 Å². The lowest BCUT2D eigenvalue weighted by Crippen LogP contribution is -2.32. The fourth-order valence-corrected chi connectivity index (χ4v) is 3.89. The summed E-state index contributed by atoms with van der Waals surface area (Å²) in [5.41, 5.74) is -1.71. The molecule has 0 spiro atoms. The Morgan fingerprint density at radius 1 is 1.19 bits per heavy atom. The van der Waals surface area contributed by atoms with Crippen molar-refractivity contribution in [3.05, 3.63) is 76.6 Å². The molecular formula is C17H13ClFNO5S. The maximum Gasteiger partial charge on any atom is 0.264 e. The van der Waals surface area contributed by atoms with Crippen molar-refractivity contribution in [2.75, 3.05) is 0 Å². The molecule has 1 aliphatic heterocycles. The lowest BCUT2D eigenvalue weighted by molar-refractivity contribution is -0.131. The van der Waals surface area contributed by atoms with Crippen LogP contribution in [0.4, 0.5) is 4.39 Å². The van der Waals surface area contributed by atoms with Crippen LogP contribution in [0.25, 0.3) is 0 Å². The fraction of sp³-hybridized carbons (Fsp3) is 0.118. The molecule has 0 fully saturated rings. The monoisotopic (exact) mass is 397 g/mol. The van der Waals surface area contributed by atoms with Crippen molar-refractivity contribution in [1.29, 1.82) is 0 Å². The Hall–Kier alpha value is -2.58. The normalized spacial score (nSPS) is 20.2. The minimum Gasteiger partial charge on any atom is -0.501 e. The number of ether oxygens (including phenoxy) is 1. The first-order chi connectivity index (χ1) is 12.1. The minimum atomic E-state index is -4.09. The van der Waals surface area contributed by atoms with Gasteiger partial charge in [-0.1, -0.05) is 35.9 Å². The van der Waals surface area contributed by atoms with Crippen molar-refractivity contribution in [2.45, 2.75) is 17.4 Å². The summed E-state index contributed by atoms with van der Waals surface area (Å²) >= 11 is 5.98. The van der Waals surface area contributed by atoms with E-state index >= 15 is 0 Å². The Labute approximate surface area is 153 Å². The molecule has 6 nitrogen and oxygen atoms in total. The molecule has 0 bridgehead atoms. The molecule has 2 aromatic rings. The van der Waals surface area contributed by atoms with Crippen molar-refractivity contribution < 1.29 is 27.4 Å². The van der Waals surface area contributed by atoms with E-state index in [0.717, 1.165) is 12.1 Å². The average molecular weight is 398 g/mol. The topological polar surface area (TPSA) is 92.7 Å². The van der Waals surface area contributed by atoms with Crippen LogP contribution >= 0.6 is 11.6 Å². The zero-order chi connectivity index (χ0) is 19.1. The number of aliphatic hydroxyl groups excluding tert-OH is 1. The molecule has 26 heavy (non-hydrogen) atoms. The lowest BCUT2D eigenvalue weighted by Gasteiger charge is -2.24. The van der Waals surface area contributed by atoms with Gasteiger partial charge >= 0.3 is 0 Å². The molecular weight excluding hydrogens is 385 g/mol. The smallest absolute Gasteiger partial charge is 0.264 e. The summed E-state index contributed by atoms with van der Waals surface area (Å²) < 4.78 is 45.5. The molecule has 2 aromatic carbocycles. The lowest BCUT2D eigenvalue weighted by atomic mass is 9.91. The van der Waals surface area contributed by atoms with Crippen molar-refractivity contribution in [3.8, 4) is 0 Å². The largest absolute Gasteiger partial charge is 0.501 e. The van der Waals surface area contributed by atoms with Gasteiger partial charge in [-0.15, -0.1) is 0 Å². The summed E-state index contributed by atoms with van der Waals surface area (Å²) in [6.45, 7) is 1.30. The highest BCUT2D eigenvalue weighted by Gasteiger charge is 2.49. The molecule has 0 saturated carbocycles. The van der Waals surface area contributed by atoms with E-state index in [1.165, 1.54) is 37.3 Å². The average Bonchev–Trinajstić information content (AvgIpc) is 2.80.